The van der Waals surface area contributed by atoms with Crippen molar-refractivity contribution >= 4 is 11.5 Å². The van der Waals surface area contributed by atoms with Crippen molar-refractivity contribution in [2.45, 2.75) is 19.3 Å². The molecule has 0 radical (unpaired) electrons. The van der Waals surface area contributed by atoms with E-state index in [-0.39, 0.29) is 0 Å². The molecule has 0 saturated heterocycles. The third kappa shape index (κ3) is 2.26. The Balaban J connectivity index is 1.62. The maximum absolute atomic E-state index is 5.14. The topological polar surface area (TPSA) is 77.2 Å². The molecule has 18 heavy (non-hydrogen) atoms. The number of aromatic nitrogens is 5. The highest BCUT2D eigenvalue weighted by Crippen LogP contribution is 2.48. The van der Waals surface area contributed by atoms with Crippen molar-refractivity contribution in [1.82, 2.24) is 25.3 Å². The van der Waals surface area contributed by atoms with Crippen LogP contribution in [0.2, 0.25) is 0 Å². The van der Waals surface area contributed by atoms with Crippen LogP contribution < -0.4 is 5.32 Å². The second-order valence-corrected chi connectivity index (χ2v) is 4.84. The molecule has 0 unspecified atom stereocenters. The van der Waals surface area contributed by atoms with Crippen LogP contribution in [0.4, 0.5) is 5.82 Å². The normalized spacial score (nSPS) is 16.9. The molecular formula is C11H16N6O. The molecule has 96 valence electrons. The van der Waals surface area contributed by atoms with Crippen LogP contribution in [0.25, 0.3) is 5.65 Å². The molecule has 0 aliphatic heterocycles. The zero-order valence-corrected chi connectivity index (χ0v) is 10.3. The molecule has 0 aromatic carbocycles. The average Bonchev–Trinajstić information content (AvgIpc) is 3.02. The lowest BCUT2D eigenvalue weighted by molar-refractivity contribution is 0.175. The van der Waals surface area contributed by atoms with Gasteiger partial charge >= 0.3 is 0 Å². The summed E-state index contributed by atoms with van der Waals surface area (Å²) >= 11 is 0. The van der Waals surface area contributed by atoms with Crippen molar-refractivity contribution in [3.05, 3.63) is 12.1 Å². The summed E-state index contributed by atoms with van der Waals surface area (Å²) in [6.45, 7) is 1.75. The molecule has 1 aliphatic carbocycles. The lowest BCUT2D eigenvalue weighted by Crippen LogP contribution is -2.18. The molecular weight excluding hydrogens is 232 g/mol. The highest BCUT2D eigenvalue weighted by Gasteiger charge is 2.41. The molecule has 1 fully saturated rings. The van der Waals surface area contributed by atoms with Crippen molar-refractivity contribution in [3.8, 4) is 0 Å². The van der Waals surface area contributed by atoms with E-state index in [1.165, 1.54) is 17.5 Å². The molecule has 2 heterocycles. The predicted molar refractivity (Wildman–Crippen MR) is 65.2 cm³/mol. The van der Waals surface area contributed by atoms with Crippen LogP contribution >= 0.6 is 0 Å². The second-order valence-electron chi connectivity index (χ2n) is 4.84. The Labute approximate surface area is 105 Å². The van der Waals surface area contributed by atoms with E-state index in [0.29, 0.717) is 11.1 Å². The Hall–Kier alpha value is -1.76. The molecule has 1 N–H and O–H groups in total. The molecule has 0 amide bonds. The zero-order chi connectivity index (χ0) is 12.4. The van der Waals surface area contributed by atoms with Gasteiger partial charge in [-0.2, -0.15) is 0 Å². The third-order valence-corrected chi connectivity index (χ3v) is 3.51. The lowest BCUT2D eigenvalue weighted by Gasteiger charge is -2.15. The Morgan fingerprint density at radius 2 is 2.33 bits per heavy atom. The quantitative estimate of drug-likeness (QED) is 0.812. The van der Waals surface area contributed by atoms with E-state index in [0.717, 1.165) is 25.4 Å². The number of rotatable bonds is 6. The number of fused-ring (bicyclic) bond motifs is 1. The van der Waals surface area contributed by atoms with Gasteiger partial charge in [-0.05, 0) is 47.2 Å². The van der Waals surface area contributed by atoms with Crippen LogP contribution in [-0.4, -0.2) is 45.5 Å². The Morgan fingerprint density at radius 1 is 1.44 bits per heavy atom. The second kappa shape index (κ2) is 4.49. The third-order valence-electron chi connectivity index (χ3n) is 3.51. The minimum Gasteiger partial charge on any atom is -0.385 e. The summed E-state index contributed by atoms with van der Waals surface area (Å²) < 4.78 is 6.57. The molecule has 0 spiro atoms. The van der Waals surface area contributed by atoms with Crippen molar-refractivity contribution in [2.75, 3.05) is 25.6 Å². The van der Waals surface area contributed by atoms with E-state index in [9.17, 15) is 0 Å². The first-order valence-corrected chi connectivity index (χ1v) is 6.10. The molecule has 0 atom stereocenters. The monoisotopic (exact) mass is 248 g/mol. The Morgan fingerprint density at radius 3 is 3.11 bits per heavy atom. The van der Waals surface area contributed by atoms with Crippen molar-refractivity contribution in [3.63, 3.8) is 0 Å². The van der Waals surface area contributed by atoms with E-state index in [1.54, 1.807) is 7.11 Å². The summed E-state index contributed by atoms with van der Waals surface area (Å²) in [5.74, 6) is 0.804. The highest BCUT2D eigenvalue weighted by atomic mass is 16.5. The van der Waals surface area contributed by atoms with Crippen molar-refractivity contribution in [2.24, 2.45) is 5.41 Å². The number of hydrogen-bond acceptors (Lipinski definition) is 6. The van der Waals surface area contributed by atoms with Crippen LogP contribution in [0.1, 0.15) is 19.3 Å². The van der Waals surface area contributed by atoms with E-state index >= 15 is 0 Å². The molecule has 7 heteroatoms. The van der Waals surface area contributed by atoms with E-state index in [1.807, 2.05) is 12.1 Å². The lowest BCUT2D eigenvalue weighted by atomic mass is 10.0. The maximum Gasteiger partial charge on any atom is 0.200 e. The molecule has 0 bridgehead atoms. The largest absolute Gasteiger partial charge is 0.385 e. The number of ether oxygens (including phenoxy) is 1. The fourth-order valence-corrected chi connectivity index (χ4v) is 2.03. The van der Waals surface area contributed by atoms with Gasteiger partial charge in [-0.15, -0.1) is 14.8 Å². The van der Waals surface area contributed by atoms with Gasteiger partial charge in [-0.1, -0.05) is 0 Å². The first-order valence-electron chi connectivity index (χ1n) is 6.10. The smallest absolute Gasteiger partial charge is 0.200 e. The molecule has 1 saturated carbocycles. The van der Waals surface area contributed by atoms with Crippen LogP contribution in [0.3, 0.4) is 0 Å². The van der Waals surface area contributed by atoms with Gasteiger partial charge in [0.05, 0.1) is 0 Å². The van der Waals surface area contributed by atoms with Gasteiger partial charge in [0.2, 0.25) is 0 Å². The molecule has 3 rings (SSSR count). The number of nitrogens with one attached hydrogen (secondary N) is 1. The van der Waals surface area contributed by atoms with Crippen molar-refractivity contribution in [1.29, 1.82) is 0 Å². The van der Waals surface area contributed by atoms with Crippen LogP contribution in [0.15, 0.2) is 12.1 Å². The van der Waals surface area contributed by atoms with Crippen molar-refractivity contribution < 1.29 is 4.74 Å². The summed E-state index contributed by atoms with van der Waals surface area (Å²) in [4.78, 5) is 0. The predicted octanol–water partition coefficient (Wildman–Crippen LogP) is 0.748. The van der Waals surface area contributed by atoms with Gasteiger partial charge in [0.25, 0.3) is 0 Å². The van der Waals surface area contributed by atoms with Gasteiger partial charge in [-0.3, -0.25) is 0 Å². The van der Waals surface area contributed by atoms with Gasteiger partial charge in [0.1, 0.15) is 5.82 Å². The van der Waals surface area contributed by atoms with Gasteiger partial charge in [-0.25, -0.2) is 0 Å². The first kappa shape index (κ1) is 11.3. The van der Waals surface area contributed by atoms with Crippen LogP contribution in [0.5, 0.6) is 0 Å². The molecule has 7 nitrogen and oxygen atoms in total. The number of methoxy groups -OCH3 is 1. The minimum atomic E-state index is 0.396. The summed E-state index contributed by atoms with van der Waals surface area (Å²) in [5, 5.41) is 18.8. The Kier molecular flexibility index (Phi) is 2.83. The van der Waals surface area contributed by atoms with E-state index < -0.39 is 0 Å². The Bertz CT molecular complexity index is 535. The summed E-state index contributed by atoms with van der Waals surface area (Å²) in [6.07, 6.45) is 3.62. The summed E-state index contributed by atoms with van der Waals surface area (Å²) in [7, 11) is 1.75. The van der Waals surface area contributed by atoms with Gasteiger partial charge in [0, 0.05) is 20.3 Å². The summed E-state index contributed by atoms with van der Waals surface area (Å²) in [5.41, 5.74) is 1.05. The highest BCUT2D eigenvalue weighted by molar-refractivity contribution is 5.42. The molecule has 2 aromatic heterocycles. The first-order chi connectivity index (χ1) is 8.81. The number of hydrogen-bond donors (Lipinski definition) is 1. The average molecular weight is 248 g/mol. The number of nitrogens with zero attached hydrogens (tertiary/aromatic N) is 5. The maximum atomic E-state index is 5.14. The fourth-order valence-electron chi connectivity index (χ4n) is 2.03. The van der Waals surface area contributed by atoms with Crippen LogP contribution in [0, 0.1) is 5.41 Å². The summed E-state index contributed by atoms with van der Waals surface area (Å²) in [6, 6.07) is 3.75. The van der Waals surface area contributed by atoms with E-state index in [4.69, 9.17) is 4.74 Å². The van der Waals surface area contributed by atoms with Gasteiger partial charge < -0.3 is 10.1 Å². The van der Waals surface area contributed by atoms with E-state index in [2.05, 4.69) is 25.9 Å². The number of tetrazole rings is 1. The molecule has 2 aromatic rings. The van der Waals surface area contributed by atoms with Gasteiger partial charge in [0.15, 0.2) is 5.65 Å². The minimum absolute atomic E-state index is 0.396. The standard InChI is InChI=1S/C11H16N6O/c1-18-7-6-11(4-5-11)8-12-9-2-3-10-13-15-16-17(10)14-9/h2-3H,4-8H2,1H3,(H,12,14). The fraction of sp³-hybridized carbons (Fsp3) is 0.636. The molecule has 1 aliphatic rings. The zero-order valence-electron chi connectivity index (χ0n) is 10.3. The van der Waals surface area contributed by atoms with Crippen LogP contribution in [-0.2, 0) is 4.74 Å². The SMILES string of the molecule is COCCC1(CNc2ccc3nnnn3n2)CC1. The number of anilines is 1.